The third-order valence-electron chi connectivity index (χ3n) is 3.61. The second-order valence-electron chi connectivity index (χ2n) is 4.92. The minimum absolute atomic E-state index is 0.275. The molecule has 0 aromatic carbocycles. The molecule has 2 fully saturated rings. The zero-order valence-electron chi connectivity index (χ0n) is 9.37. The Balaban J connectivity index is 1.80. The lowest BCUT2D eigenvalue weighted by Crippen LogP contribution is -2.39. The third kappa shape index (κ3) is 2.80. The maximum absolute atomic E-state index is 11.8. The molecule has 84 valence electrons. The number of carbonyl (C=O) groups is 2. The summed E-state index contributed by atoms with van der Waals surface area (Å²) in [6.45, 7) is 0. The van der Waals surface area contributed by atoms with Crippen molar-refractivity contribution in [2.75, 3.05) is 7.05 Å². The van der Waals surface area contributed by atoms with Crippen LogP contribution in [0.15, 0.2) is 0 Å². The lowest BCUT2D eigenvalue weighted by molar-refractivity contribution is -0.134. The van der Waals surface area contributed by atoms with Crippen LogP contribution in [0, 0.1) is 5.92 Å². The summed E-state index contributed by atoms with van der Waals surface area (Å²) in [4.78, 5) is 24.8. The van der Waals surface area contributed by atoms with Crippen molar-refractivity contribution in [3.05, 3.63) is 0 Å². The summed E-state index contributed by atoms with van der Waals surface area (Å²) in [5.74, 6) is 1.29. The van der Waals surface area contributed by atoms with E-state index in [1.54, 1.807) is 0 Å². The van der Waals surface area contributed by atoms with Crippen molar-refractivity contribution >= 4 is 11.7 Å². The van der Waals surface area contributed by atoms with Crippen molar-refractivity contribution in [2.45, 2.75) is 51.0 Å². The molecule has 2 rings (SSSR count). The van der Waals surface area contributed by atoms with Crippen molar-refractivity contribution in [2.24, 2.45) is 5.92 Å². The van der Waals surface area contributed by atoms with E-state index >= 15 is 0 Å². The van der Waals surface area contributed by atoms with Gasteiger partial charge in [-0.25, -0.2) is 0 Å². The van der Waals surface area contributed by atoms with E-state index in [4.69, 9.17) is 0 Å². The first-order chi connectivity index (χ1) is 7.16. The summed E-state index contributed by atoms with van der Waals surface area (Å²) in [5.41, 5.74) is 0. The van der Waals surface area contributed by atoms with Gasteiger partial charge in [-0.1, -0.05) is 0 Å². The lowest BCUT2D eigenvalue weighted by Gasteiger charge is -2.30. The molecule has 0 aliphatic heterocycles. The van der Waals surface area contributed by atoms with Crippen molar-refractivity contribution < 1.29 is 9.59 Å². The van der Waals surface area contributed by atoms with Crippen molar-refractivity contribution in [1.29, 1.82) is 0 Å². The Bertz CT molecular complexity index is 261. The summed E-state index contributed by atoms with van der Waals surface area (Å²) < 4.78 is 0. The number of carbonyl (C=O) groups excluding carboxylic acids is 2. The molecule has 15 heavy (non-hydrogen) atoms. The van der Waals surface area contributed by atoms with E-state index in [0.29, 0.717) is 30.6 Å². The van der Waals surface area contributed by atoms with Crippen LogP contribution in [0.5, 0.6) is 0 Å². The van der Waals surface area contributed by atoms with Crippen LogP contribution >= 0.6 is 0 Å². The van der Waals surface area contributed by atoms with E-state index in [1.807, 2.05) is 11.9 Å². The SMILES string of the molecule is CN(C(=O)CC1CC1)C1CCC(=O)CC1. The fourth-order valence-electron chi connectivity index (χ4n) is 2.23. The molecule has 0 unspecified atom stereocenters. The average molecular weight is 209 g/mol. The summed E-state index contributed by atoms with van der Waals surface area (Å²) in [7, 11) is 1.89. The average Bonchev–Trinajstić information content (AvgIpc) is 3.02. The summed E-state index contributed by atoms with van der Waals surface area (Å²) in [6, 6.07) is 0.314. The molecular weight excluding hydrogens is 190 g/mol. The molecule has 0 aromatic rings. The highest BCUT2D eigenvalue weighted by Crippen LogP contribution is 2.33. The van der Waals surface area contributed by atoms with Crippen LogP contribution in [0.3, 0.4) is 0 Å². The standard InChI is InChI=1S/C12H19NO2/c1-13(12(15)8-9-2-3-9)10-4-6-11(14)7-5-10/h9-10H,2-8H2,1H3. The fourth-order valence-corrected chi connectivity index (χ4v) is 2.23. The zero-order valence-corrected chi connectivity index (χ0v) is 9.37. The van der Waals surface area contributed by atoms with Crippen LogP contribution in [0.2, 0.25) is 0 Å². The van der Waals surface area contributed by atoms with Gasteiger partial charge >= 0.3 is 0 Å². The monoisotopic (exact) mass is 209 g/mol. The molecule has 2 saturated carbocycles. The maximum atomic E-state index is 11.8. The van der Waals surface area contributed by atoms with E-state index in [0.717, 1.165) is 19.3 Å². The predicted octanol–water partition coefficient (Wildman–Crippen LogP) is 1.76. The Morgan fingerprint density at radius 1 is 1.27 bits per heavy atom. The van der Waals surface area contributed by atoms with Gasteiger partial charge in [0.05, 0.1) is 0 Å². The highest BCUT2D eigenvalue weighted by atomic mass is 16.2. The van der Waals surface area contributed by atoms with E-state index < -0.39 is 0 Å². The largest absolute Gasteiger partial charge is 0.343 e. The highest BCUT2D eigenvalue weighted by molar-refractivity contribution is 5.80. The van der Waals surface area contributed by atoms with Crippen LogP contribution in [-0.4, -0.2) is 29.7 Å². The Kier molecular flexibility index (Phi) is 3.08. The normalized spacial score (nSPS) is 22.9. The van der Waals surface area contributed by atoms with Crippen LogP contribution in [0.25, 0.3) is 0 Å². The maximum Gasteiger partial charge on any atom is 0.222 e. The number of hydrogen-bond acceptors (Lipinski definition) is 2. The molecule has 0 atom stereocenters. The summed E-state index contributed by atoms with van der Waals surface area (Å²) in [5, 5.41) is 0. The predicted molar refractivity (Wildman–Crippen MR) is 57.4 cm³/mol. The van der Waals surface area contributed by atoms with E-state index in [-0.39, 0.29) is 5.91 Å². The van der Waals surface area contributed by atoms with Gasteiger partial charge in [0.15, 0.2) is 0 Å². The van der Waals surface area contributed by atoms with Gasteiger partial charge in [0.25, 0.3) is 0 Å². The first-order valence-electron chi connectivity index (χ1n) is 5.94. The van der Waals surface area contributed by atoms with Gasteiger partial charge < -0.3 is 4.90 Å². The lowest BCUT2D eigenvalue weighted by atomic mass is 9.93. The van der Waals surface area contributed by atoms with Gasteiger partial charge in [-0.2, -0.15) is 0 Å². The molecule has 2 aliphatic carbocycles. The molecule has 0 spiro atoms. The first kappa shape index (κ1) is 10.7. The summed E-state index contributed by atoms with van der Waals surface area (Å²) in [6.07, 6.45) is 6.22. The van der Waals surface area contributed by atoms with Crippen LogP contribution in [-0.2, 0) is 9.59 Å². The molecule has 2 aliphatic rings. The number of rotatable bonds is 3. The Morgan fingerprint density at radius 2 is 1.87 bits per heavy atom. The molecule has 0 saturated heterocycles. The molecule has 0 radical (unpaired) electrons. The second kappa shape index (κ2) is 4.33. The molecule has 0 N–H and O–H groups in total. The topological polar surface area (TPSA) is 37.4 Å². The molecule has 0 bridgehead atoms. The highest BCUT2D eigenvalue weighted by Gasteiger charge is 2.29. The Hall–Kier alpha value is -0.860. The van der Waals surface area contributed by atoms with Crippen LogP contribution < -0.4 is 0 Å². The quantitative estimate of drug-likeness (QED) is 0.710. The molecule has 3 heteroatoms. The molecule has 0 heterocycles. The molecular formula is C12H19NO2. The number of Topliss-reactive ketones (excluding diaryl/α,β-unsaturated/α-hetero) is 1. The molecule has 3 nitrogen and oxygen atoms in total. The van der Waals surface area contributed by atoms with Crippen molar-refractivity contribution in [1.82, 2.24) is 4.90 Å². The van der Waals surface area contributed by atoms with E-state index in [9.17, 15) is 9.59 Å². The zero-order chi connectivity index (χ0) is 10.8. The minimum atomic E-state index is 0.275. The Morgan fingerprint density at radius 3 is 2.40 bits per heavy atom. The first-order valence-corrected chi connectivity index (χ1v) is 5.94. The number of ketones is 1. The molecule has 1 amide bonds. The number of amides is 1. The van der Waals surface area contributed by atoms with E-state index in [2.05, 4.69) is 0 Å². The number of nitrogens with zero attached hydrogens (tertiary/aromatic N) is 1. The van der Waals surface area contributed by atoms with Crippen LogP contribution in [0.1, 0.15) is 44.9 Å². The van der Waals surface area contributed by atoms with Gasteiger partial charge in [-0.3, -0.25) is 9.59 Å². The molecule has 0 aromatic heterocycles. The van der Waals surface area contributed by atoms with E-state index in [1.165, 1.54) is 12.8 Å². The smallest absolute Gasteiger partial charge is 0.222 e. The van der Waals surface area contributed by atoms with Gasteiger partial charge in [0.2, 0.25) is 5.91 Å². The van der Waals surface area contributed by atoms with Crippen molar-refractivity contribution in [3.8, 4) is 0 Å². The third-order valence-corrected chi connectivity index (χ3v) is 3.61. The Labute approximate surface area is 90.8 Å². The van der Waals surface area contributed by atoms with Gasteiger partial charge in [0.1, 0.15) is 5.78 Å². The van der Waals surface area contributed by atoms with Gasteiger partial charge in [-0.05, 0) is 31.6 Å². The van der Waals surface area contributed by atoms with Crippen molar-refractivity contribution in [3.63, 3.8) is 0 Å². The minimum Gasteiger partial charge on any atom is -0.343 e. The van der Waals surface area contributed by atoms with Gasteiger partial charge in [-0.15, -0.1) is 0 Å². The summed E-state index contributed by atoms with van der Waals surface area (Å²) >= 11 is 0. The fraction of sp³-hybridized carbons (Fsp3) is 0.833. The van der Waals surface area contributed by atoms with Crippen LogP contribution in [0.4, 0.5) is 0 Å². The van der Waals surface area contributed by atoms with Gasteiger partial charge in [0, 0.05) is 32.4 Å². The second-order valence-corrected chi connectivity index (χ2v) is 4.92. The number of hydrogen-bond donors (Lipinski definition) is 0.